The van der Waals surface area contributed by atoms with Crippen molar-refractivity contribution in [1.82, 2.24) is 20.5 Å². The molecule has 0 amide bonds. The standard InChI is InChI=1S/C18H31N5O/c1-19-18(22-15-16-9-7-10-20-17(16)24-2)21-11-8-14-23-12-5-3-4-6-13-23/h7,9-10H,3-6,8,11-15H2,1-2H3,(H2,19,21,22). The molecule has 24 heavy (non-hydrogen) atoms. The highest BCUT2D eigenvalue weighted by Crippen LogP contribution is 2.12. The summed E-state index contributed by atoms with van der Waals surface area (Å²) in [5, 5.41) is 6.70. The number of ether oxygens (including phenoxy) is 1. The van der Waals surface area contributed by atoms with Gasteiger partial charge in [-0.1, -0.05) is 18.9 Å². The van der Waals surface area contributed by atoms with E-state index >= 15 is 0 Å². The zero-order valence-electron chi connectivity index (χ0n) is 15.1. The normalized spacial score (nSPS) is 16.5. The Balaban J connectivity index is 1.67. The number of guanidine groups is 1. The smallest absolute Gasteiger partial charge is 0.218 e. The fraction of sp³-hybridized carbons (Fsp3) is 0.667. The molecule has 1 aromatic rings. The molecule has 134 valence electrons. The predicted octanol–water partition coefficient (Wildman–Crippen LogP) is 2.02. The molecule has 0 radical (unpaired) electrons. The lowest BCUT2D eigenvalue weighted by atomic mass is 10.2. The van der Waals surface area contributed by atoms with Crippen molar-refractivity contribution in [3.63, 3.8) is 0 Å². The minimum absolute atomic E-state index is 0.642. The number of nitrogens with zero attached hydrogens (tertiary/aromatic N) is 3. The van der Waals surface area contributed by atoms with Gasteiger partial charge < -0.3 is 20.3 Å². The summed E-state index contributed by atoms with van der Waals surface area (Å²) in [6.45, 7) is 5.26. The molecule has 0 bridgehead atoms. The van der Waals surface area contributed by atoms with Crippen molar-refractivity contribution >= 4 is 5.96 Å². The van der Waals surface area contributed by atoms with Crippen LogP contribution in [0.5, 0.6) is 5.88 Å². The molecule has 6 heteroatoms. The van der Waals surface area contributed by atoms with Gasteiger partial charge in [-0.15, -0.1) is 0 Å². The van der Waals surface area contributed by atoms with Crippen LogP contribution in [0, 0.1) is 0 Å². The zero-order chi connectivity index (χ0) is 17.0. The van der Waals surface area contributed by atoms with E-state index in [1.165, 1.54) is 45.3 Å². The average Bonchev–Trinajstić information content (AvgIpc) is 2.90. The van der Waals surface area contributed by atoms with Crippen LogP contribution in [0.4, 0.5) is 0 Å². The first-order valence-corrected chi connectivity index (χ1v) is 8.98. The van der Waals surface area contributed by atoms with Crippen LogP contribution in [-0.4, -0.2) is 56.2 Å². The average molecular weight is 333 g/mol. The van der Waals surface area contributed by atoms with E-state index in [9.17, 15) is 0 Å². The van der Waals surface area contributed by atoms with Crippen LogP contribution >= 0.6 is 0 Å². The number of nitrogens with one attached hydrogen (secondary N) is 2. The molecule has 1 aromatic heterocycles. The molecule has 2 N–H and O–H groups in total. The monoisotopic (exact) mass is 333 g/mol. The Hall–Kier alpha value is -1.82. The summed E-state index contributed by atoms with van der Waals surface area (Å²) in [4.78, 5) is 11.1. The van der Waals surface area contributed by atoms with Crippen LogP contribution in [0.2, 0.25) is 0 Å². The third-order valence-corrected chi connectivity index (χ3v) is 4.36. The highest BCUT2D eigenvalue weighted by molar-refractivity contribution is 5.79. The molecule has 1 aliphatic heterocycles. The second kappa shape index (κ2) is 10.9. The summed E-state index contributed by atoms with van der Waals surface area (Å²) in [6.07, 6.45) is 8.36. The van der Waals surface area contributed by atoms with Gasteiger partial charge in [0, 0.05) is 31.9 Å². The Labute approximate surface area is 145 Å². The topological polar surface area (TPSA) is 61.8 Å². The number of aromatic nitrogens is 1. The molecule has 2 heterocycles. The lowest BCUT2D eigenvalue weighted by Crippen LogP contribution is -2.38. The summed E-state index contributed by atoms with van der Waals surface area (Å²) in [7, 11) is 3.44. The van der Waals surface area contributed by atoms with Crippen molar-refractivity contribution in [3.8, 4) is 5.88 Å². The quantitative estimate of drug-likeness (QED) is 0.454. The van der Waals surface area contributed by atoms with Crippen LogP contribution in [0.25, 0.3) is 0 Å². The molecule has 0 atom stereocenters. The van der Waals surface area contributed by atoms with Crippen LogP contribution in [0.1, 0.15) is 37.7 Å². The highest BCUT2D eigenvalue weighted by atomic mass is 16.5. The zero-order valence-corrected chi connectivity index (χ0v) is 15.1. The van der Waals surface area contributed by atoms with Crippen LogP contribution in [0.15, 0.2) is 23.3 Å². The van der Waals surface area contributed by atoms with Gasteiger partial charge >= 0.3 is 0 Å². The van der Waals surface area contributed by atoms with Crippen LogP contribution in [0.3, 0.4) is 0 Å². The Morgan fingerprint density at radius 3 is 2.75 bits per heavy atom. The summed E-state index contributed by atoms with van der Waals surface area (Å²) < 4.78 is 5.27. The van der Waals surface area contributed by atoms with Crippen molar-refractivity contribution in [3.05, 3.63) is 23.9 Å². The molecule has 1 saturated heterocycles. The van der Waals surface area contributed by atoms with E-state index in [-0.39, 0.29) is 0 Å². The predicted molar refractivity (Wildman–Crippen MR) is 98.5 cm³/mol. The van der Waals surface area contributed by atoms with E-state index in [2.05, 4.69) is 25.5 Å². The van der Waals surface area contributed by atoms with E-state index in [0.29, 0.717) is 12.4 Å². The maximum absolute atomic E-state index is 5.27. The molecule has 6 nitrogen and oxygen atoms in total. The van der Waals surface area contributed by atoms with Gasteiger partial charge in [0.2, 0.25) is 5.88 Å². The van der Waals surface area contributed by atoms with E-state index in [1.54, 1.807) is 20.4 Å². The largest absolute Gasteiger partial charge is 0.481 e. The lowest BCUT2D eigenvalue weighted by molar-refractivity contribution is 0.282. The first-order valence-electron chi connectivity index (χ1n) is 8.98. The third-order valence-electron chi connectivity index (χ3n) is 4.36. The number of aliphatic imine (C=N–C) groups is 1. The minimum atomic E-state index is 0.642. The SMILES string of the molecule is CN=C(NCCCN1CCCCCC1)NCc1cccnc1OC. The maximum Gasteiger partial charge on any atom is 0.218 e. The number of pyridine rings is 1. The molecule has 0 saturated carbocycles. The number of likely N-dealkylation sites (tertiary alicyclic amines) is 1. The Morgan fingerprint density at radius 2 is 2.04 bits per heavy atom. The van der Waals surface area contributed by atoms with Crippen molar-refractivity contribution in [2.45, 2.75) is 38.6 Å². The maximum atomic E-state index is 5.27. The third kappa shape index (κ3) is 6.35. The van der Waals surface area contributed by atoms with Crippen molar-refractivity contribution < 1.29 is 4.74 Å². The van der Waals surface area contributed by atoms with E-state index < -0.39 is 0 Å². The van der Waals surface area contributed by atoms with E-state index in [0.717, 1.165) is 24.5 Å². The summed E-state index contributed by atoms with van der Waals surface area (Å²) in [6, 6.07) is 3.92. The number of rotatable bonds is 7. The highest BCUT2D eigenvalue weighted by Gasteiger charge is 2.08. The molecular weight excluding hydrogens is 302 g/mol. The van der Waals surface area contributed by atoms with Crippen molar-refractivity contribution in [2.24, 2.45) is 4.99 Å². The van der Waals surface area contributed by atoms with Crippen molar-refractivity contribution in [1.29, 1.82) is 0 Å². The Kier molecular flexibility index (Phi) is 8.38. The summed E-state index contributed by atoms with van der Waals surface area (Å²) in [5.41, 5.74) is 1.02. The number of methoxy groups -OCH3 is 1. The molecular formula is C18H31N5O. The molecule has 0 aromatic carbocycles. The fourth-order valence-electron chi connectivity index (χ4n) is 3.01. The van der Waals surface area contributed by atoms with Gasteiger partial charge in [-0.25, -0.2) is 4.98 Å². The Morgan fingerprint density at radius 1 is 1.25 bits per heavy atom. The van der Waals surface area contributed by atoms with Crippen LogP contribution < -0.4 is 15.4 Å². The molecule has 1 aliphatic rings. The second-order valence-electron chi connectivity index (χ2n) is 6.13. The summed E-state index contributed by atoms with van der Waals surface area (Å²) >= 11 is 0. The molecule has 0 aliphatic carbocycles. The van der Waals surface area contributed by atoms with Crippen molar-refractivity contribution in [2.75, 3.05) is 40.3 Å². The molecule has 2 rings (SSSR count). The van der Waals surface area contributed by atoms with Gasteiger partial charge in [0.1, 0.15) is 0 Å². The number of hydrogen-bond acceptors (Lipinski definition) is 4. The second-order valence-corrected chi connectivity index (χ2v) is 6.13. The van der Waals surface area contributed by atoms with Gasteiger partial charge in [0.15, 0.2) is 5.96 Å². The van der Waals surface area contributed by atoms with E-state index in [1.807, 2.05) is 12.1 Å². The van der Waals surface area contributed by atoms with Gasteiger partial charge in [0.25, 0.3) is 0 Å². The lowest BCUT2D eigenvalue weighted by Gasteiger charge is -2.20. The van der Waals surface area contributed by atoms with Gasteiger partial charge in [0.05, 0.1) is 7.11 Å². The fourth-order valence-corrected chi connectivity index (χ4v) is 3.01. The Bertz CT molecular complexity index is 498. The van der Waals surface area contributed by atoms with Gasteiger partial charge in [-0.2, -0.15) is 0 Å². The molecule has 0 unspecified atom stereocenters. The number of hydrogen-bond donors (Lipinski definition) is 2. The van der Waals surface area contributed by atoms with Gasteiger partial charge in [-0.3, -0.25) is 4.99 Å². The van der Waals surface area contributed by atoms with Crippen LogP contribution in [-0.2, 0) is 6.54 Å². The molecule has 0 spiro atoms. The first-order chi connectivity index (χ1) is 11.8. The van der Waals surface area contributed by atoms with Gasteiger partial charge in [-0.05, 0) is 45.0 Å². The molecule has 1 fully saturated rings. The van der Waals surface area contributed by atoms with E-state index in [4.69, 9.17) is 4.74 Å². The minimum Gasteiger partial charge on any atom is -0.481 e. The first kappa shape index (κ1) is 18.5. The summed E-state index contributed by atoms with van der Waals surface area (Å²) in [5.74, 6) is 1.47.